The second kappa shape index (κ2) is 7.58. The van der Waals surface area contributed by atoms with Crippen LogP contribution in [0.1, 0.15) is 19.8 Å². The van der Waals surface area contributed by atoms with Gasteiger partial charge in [-0.05, 0) is 18.8 Å². The van der Waals surface area contributed by atoms with Crippen LogP contribution in [-0.2, 0) is 4.79 Å². The van der Waals surface area contributed by atoms with Gasteiger partial charge in [0.05, 0.1) is 31.5 Å². The van der Waals surface area contributed by atoms with Gasteiger partial charge in [-0.15, -0.1) is 0 Å². The van der Waals surface area contributed by atoms with Gasteiger partial charge in [-0.25, -0.2) is 0 Å². The van der Waals surface area contributed by atoms with Crippen LogP contribution in [0.2, 0.25) is 5.02 Å². The number of benzene rings is 1. The zero-order valence-corrected chi connectivity index (χ0v) is 14.1. The number of carbonyl (C=O) groups is 1. The molecule has 1 saturated heterocycles. The summed E-state index contributed by atoms with van der Waals surface area (Å²) in [5, 5.41) is 3.60. The molecule has 6 heteroatoms. The molecule has 2 rings (SSSR count). The largest absolute Gasteiger partial charge is 0.495 e. The highest BCUT2D eigenvalue weighted by atomic mass is 35.5. The summed E-state index contributed by atoms with van der Waals surface area (Å²) < 4.78 is 10.5. The van der Waals surface area contributed by atoms with Crippen LogP contribution >= 0.6 is 11.6 Å². The Morgan fingerprint density at radius 2 is 2.09 bits per heavy atom. The molecule has 1 aliphatic heterocycles. The highest BCUT2D eigenvalue weighted by Gasteiger charge is 2.21. The number of hydrogen-bond acceptors (Lipinski definition) is 4. The number of nitrogens with one attached hydrogen (secondary N) is 1. The van der Waals surface area contributed by atoms with Crippen molar-refractivity contribution in [2.24, 2.45) is 5.92 Å². The van der Waals surface area contributed by atoms with E-state index in [1.54, 1.807) is 26.4 Å². The first-order chi connectivity index (χ1) is 10.5. The van der Waals surface area contributed by atoms with Crippen LogP contribution in [0, 0.1) is 5.92 Å². The second-order valence-electron chi connectivity index (χ2n) is 5.63. The van der Waals surface area contributed by atoms with E-state index in [0.717, 1.165) is 19.5 Å². The summed E-state index contributed by atoms with van der Waals surface area (Å²) in [5.74, 6) is 1.81. The normalized spacial score (nSPS) is 18.0. The third kappa shape index (κ3) is 3.97. The first-order valence-corrected chi connectivity index (χ1v) is 7.86. The van der Waals surface area contributed by atoms with Crippen molar-refractivity contribution in [3.63, 3.8) is 0 Å². The van der Waals surface area contributed by atoms with Crippen LogP contribution in [0.25, 0.3) is 0 Å². The van der Waals surface area contributed by atoms with E-state index >= 15 is 0 Å². The van der Waals surface area contributed by atoms with Gasteiger partial charge in [0, 0.05) is 25.2 Å². The number of piperidine rings is 1. The van der Waals surface area contributed by atoms with Crippen molar-refractivity contribution in [1.29, 1.82) is 0 Å². The predicted molar refractivity (Wildman–Crippen MR) is 88.0 cm³/mol. The molecule has 122 valence electrons. The van der Waals surface area contributed by atoms with Gasteiger partial charge in [0.25, 0.3) is 0 Å². The van der Waals surface area contributed by atoms with Gasteiger partial charge >= 0.3 is 0 Å². The number of halogens is 1. The maximum atomic E-state index is 12.3. The lowest BCUT2D eigenvalue weighted by atomic mass is 10.0. The number of ether oxygens (including phenoxy) is 2. The van der Waals surface area contributed by atoms with Crippen LogP contribution < -0.4 is 14.8 Å². The minimum atomic E-state index is 0.0996. The van der Waals surface area contributed by atoms with Crippen molar-refractivity contribution in [1.82, 2.24) is 4.90 Å². The molecule has 1 amide bonds. The van der Waals surface area contributed by atoms with Gasteiger partial charge in [0.2, 0.25) is 5.91 Å². The van der Waals surface area contributed by atoms with Gasteiger partial charge in [0.15, 0.2) is 0 Å². The molecule has 1 fully saturated rings. The number of hydrogen-bond donors (Lipinski definition) is 1. The summed E-state index contributed by atoms with van der Waals surface area (Å²) >= 11 is 6.07. The maximum Gasteiger partial charge on any atom is 0.241 e. The van der Waals surface area contributed by atoms with Crippen molar-refractivity contribution < 1.29 is 14.3 Å². The predicted octanol–water partition coefficient (Wildman–Crippen LogP) is 3.03. The van der Waals surface area contributed by atoms with Crippen LogP contribution in [-0.4, -0.2) is 44.7 Å². The summed E-state index contributed by atoms with van der Waals surface area (Å²) in [6, 6.07) is 3.42. The minimum absolute atomic E-state index is 0.0996. The minimum Gasteiger partial charge on any atom is -0.495 e. The second-order valence-corrected chi connectivity index (χ2v) is 6.03. The lowest BCUT2D eigenvalue weighted by molar-refractivity contribution is -0.130. The Morgan fingerprint density at radius 1 is 1.36 bits per heavy atom. The number of anilines is 1. The lowest BCUT2D eigenvalue weighted by Crippen LogP contribution is -2.41. The Morgan fingerprint density at radius 3 is 2.73 bits per heavy atom. The molecule has 1 aliphatic rings. The Bertz CT molecular complexity index is 536. The molecule has 1 heterocycles. The van der Waals surface area contributed by atoms with E-state index in [9.17, 15) is 4.79 Å². The summed E-state index contributed by atoms with van der Waals surface area (Å²) in [6.07, 6.45) is 2.27. The van der Waals surface area contributed by atoms with E-state index in [1.165, 1.54) is 6.42 Å². The van der Waals surface area contributed by atoms with Gasteiger partial charge in [-0.3, -0.25) is 4.79 Å². The van der Waals surface area contributed by atoms with Crippen molar-refractivity contribution in [2.45, 2.75) is 19.8 Å². The van der Waals surface area contributed by atoms with Crippen molar-refractivity contribution in [2.75, 3.05) is 39.2 Å². The summed E-state index contributed by atoms with van der Waals surface area (Å²) in [7, 11) is 3.12. The number of amides is 1. The number of rotatable bonds is 5. The average Bonchev–Trinajstić information content (AvgIpc) is 2.52. The fraction of sp³-hybridized carbons (Fsp3) is 0.562. The number of carbonyl (C=O) groups excluding carboxylic acids is 1. The van der Waals surface area contributed by atoms with E-state index < -0.39 is 0 Å². The fourth-order valence-electron chi connectivity index (χ4n) is 2.70. The van der Waals surface area contributed by atoms with E-state index in [4.69, 9.17) is 21.1 Å². The van der Waals surface area contributed by atoms with Gasteiger partial charge in [-0.1, -0.05) is 18.5 Å². The average molecular weight is 327 g/mol. The Labute approximate surface area is 136 Å². The molecule has 1 unspecified atom stereocenters. The van der Waals surface area contributed by atoms with E-state index in [0.29, 0.717) is 28.1 Å². The molecule has 5 nitrogen and oxygen atoms in total. The topological polar surface area (TPSA) is 50.8 Å². The Hall–Kier alpha value is -1.62. The number of methoxy groups -OCH3 is 2. The Balaban J connectivity index is 2.02. The summed E-state index contributed by atoms with van der Waals surface area (Å²) in [5.41, 5.74) is 0.696. The van der Waals surface area contributed by atoms with E-state index in [2.05, 4.69) is 12.2 Å². The third-order valence-corrected chi connectivity index (χ3v) is 4.21. The van der Waals surface area contributed by atoms with Gasteiger partial charge in [-0.2, -0.15) is 0 Å². The van der Waals surface area contributed by atoms with E-state index in [-0.39, 0.29) is 12.5 Å². The maximum absolute atomic E-state index is 12.3. The first-order valence-electron chi connectivity index (χ1n) is 7.48. The molecule has 1 aromatic rings. The molecule has 0 spiro atoms. The smallest absolute Gasteiger partial charge is 0.241 e. The molecule has 0 bridgehead atoms. The van der Waals surface area contributed by atoms with Crippen LogP contribution in [0.5, 0.6) is 11.5 Å². The molecule has 1 N–H and O–H groups in total. The van der Waals surface area contributed by atoms with Crippen LogP contribution in [0.4, 0.5) is 5.69 Å². The van der Waals surface area contributed by atoms with Gasteiger partial charge in [0.1, 0.15) is 11.5 Å². The molecular formula is C16H23ClN2O3. The van der Waals surface area contributed by atoms with Crippen LogP contribution in [0.15, 0.2) is 12.1 Å². The molecule has 0 saturated carbocycles. The monoisotopic (exact) mass is 326 g/mol. The highest BCUT2D eigenvalue weighted by molar-refractivity contribution is 6.32. The van der Waals surface area contributed by atoms with E-state index in [1.807, 2.05) is 4.90 Å². The zero-order valence-electron chi connectivity index (χ0n) is 13.3. The molecular weight excluding hydrogens is 304 g/mol. The third-order valence-electron chi connectivity index (χ3n) is 3.91. The molecule has 0 aliphatic carbocycles. The Kier molecular flexibility index (Phi) is 5.77. The fourth-order valence-corrected chi connectivity index (χ4v) is 2.93. The molecule has 1 aromatic carbocycles. The standard InChI is InChI=1S/C16H23ClN2O3/c1-11-5-4-6-19(10-11)16(20)9-18-13-8-14(21-2)12(17)7-15(13)22-3/h7-8,11,18H,4-6,9-10H2,1-3H3. The molecule has 22 heavy (non-hydrogen) atoms. The number of nitrogens with zero attached hydrogens (tertiary/aromatic N) is 1. The van der Waals surface area contributed by atoms with Crippen molar-refractivity contribution in [3.05, 3.63) is 17.2 Å². The SMILES string of the molecule is COc1cc(NCC(=O)N2CCCC(C)C2)c(OC)cc1Cl. The summed E-state index contributed by atoms with van der Waals surface area (Å²) in [6.45, 7) is 4.08. The molecule has 0 radical (unpaired) electrons. The highest BCUT2D eigenvalue weighted by Crippen LogP contribution is 2.35. The quantitative estimate of drug-likeness (QED) is 0.903. The van der Waals surface area contributed by atoms with Crippen molar-refractivity contribution in [3.8, 4) is 11.5 Å². The lowest BCUT2D eigenvalue weighted by Gasteiger charge is -2.31. The zero-order chi connectivity index (χ0) is 16.1. The first kappa shape index (κ1) is 16.7. The number of likely N-dealkylation sites (tertiary alicyclic amines) is 1. The summed E-state index contributed by atoms with van der Waals surface area (Å²) in [4.78, 5) is 14.2. The van der Waals surface area contributed by atoms with Crippen molar-refractivity contribution >= 4 is 23.2 Å². The molecule has 1 atom stereocenters. The molecule has 0 aromatic heterocycles. The van der Waals surface area contributed by atoms with Gasteiger partial charge < -0.3 is 19.7 Å². The van der Waals surface area contributed by atoms with Crippen LogP contribution in [0.3, 0.4) is 0 Å².